The summed E-state index contributed by atoms with van der Waals surface area (Å²) >= 11 is 0. The minimum absolute atomic E-state index is 0.613. The molecule has 256 valence electrons. The zero-order chi connectivity index (χ0) is 33.4. The van der Waals surface area contributed by atoms with Gasteiger partial charge in [-0.2, -0.15) is 28.0 Å². The highest BCUT2D eigenvalue weighted by atomic mass is 35.7. The van der Waals surface area contributed by atoms with Gasteiger partial charge < -0.3 is 0 Å². The third kappa shape index (κ3) is 12.2. The van der Waals surface area contributed by atoms with E-state index in [-0.39, 0.29) is 0 Å². The van der Waals surface area contributed by atoms with Gasteiger partial charge in [0.2, 0.25) is 0 Å². The molecule has 0 amide bonds. The second kappa shape index (κ2) is 21.6. The first-order chi connectivity index (χ1) is 19.5. The molecule has 18 heteroatoms. The number of nitrogens with zero attached hydrogens (tertiary/aromatic N) is 6. The fourth-order valence-corrected chi connectivity index (χ4v) is 15.6. The number of rotatable bonds is 22. The van der Waals surface area contributed by atoms with Crippen molar-refractivity contribution in [1.82, 2.24) is 28.0 Å². The van der Waals surface area contributed by atoms with E-state index in [1.54, 1.807) is 0 Å². The van der Waals surface area contributed by atoms with Crippen LogP contribution in [0.25, 0.3) is 0 Å². The van der Waals surface area contributed by atoms with E-state index >= 15 is 0 Å². The van der Waals surface area contributed by atoms with Crippen LogP contribution < -0.4 is 28.0 Å². The van der Waals surface area contributed by atoms with Gasteiger partial charge in [0, 0.05) is 78.5 Å². The second-order valence-corrected chi connectivity index (χ2v) is 16.8. The highest BCUT2D eigenvalue weighted by Gasteiger charge is 2.70. The summed E-state index contributed by atoms with van der Waals surface area (Å²) in [6.07, 6.45) is 0. The van der Waals surface area contributed by atoms with Crippen molar-refractivity contribution in [3.8, 4) is 0 Å². The van der Waals surface area contributed by atoms with E-state index in [1.165, 1.54) is 0 Å². The fourth-order valence-electron chi connectivity index (χ4n) is 5.11. The van der Waals surface area contributed by atoms with E-state index in [9.17, 15) is 28.0 Å². The second-order valence-electron chi connectivity index (χ2n) is 8.75. The molecule has 0 saturated carbocycles. The molecule has 0 unspecified atom stereocenters. The van der Waals surface area contributed by atoms with Crippen LogP contribution in [0.3, 0.4) is 0 Å². The lowest BCUT2D eigenvalue weighted by atomic mass is 10.7. The summed E-state index contributed by atoms with van der Waals surface area (Å²) in [5, 5.41) is 0. The molecule has 0 fully saturated rings. The molecule has 0 aliphatic carbocycles. The van der Waals surface area contributed by atoms with Gasteiger partial charge in [0.25, 0.3) is 8.15 Å². The van der Waals surface area contributed by atoms with Gasteiger partial charge in [0.15, 0.2) is 0 Å². The van der Waals surface area contributed by atoms with Crippen LogP contribution in [0.2, 0.25) is 0 Å². The van der Waals surface area contributed by atoms with Crippen molar-refractivity contribution in [1.29, 1.82) is 0 Å². The molecule has 0 aliphatic heterocycles. The molecular formula is C24H60Cl2N6O8P2+2. The Bertz CT molecular complexity index is 558. The van der Waals surface area contributed by atoms with Crippen LogP contribution in [0.5, 0.6) is 0 Å². The molecule has 42 heavy (non-hydrogen) atoms. The van der Waals surface area contributed by atoms with Crippen molar-refractivity contribution in [3.05, 3.63) is 0 Å². The van der Waals surface area contributed by atoms with Crippen molar-refractivity contribution in [2.75, 3.05) is 78.5 Å². The van der Waals surface area contributed by atoms with E-state index in [1.807, 2.05) is 111 Å². The van der Waals surface area contributed by atoms with Gasteiger partial charge in [-0.1, -0.05) is 0 Å². The van der Waals surface area contributed by atoms with Gasteiger partial charge in [-0.05, 0) is 83.1 Å². The van der Waals surface area contributed by atoms with Gasteiger partial charge in [0.05, 0.1) is 0 Å². The summed E-state index contributed by atoms with van der Waals surface area (Å²) in [6.45, 7) is 30.7. The predicted octanol–water partition coefficient (Wildman–Crippen LogP) is -0.793. The Morgan fingerprint density at radius 1 is 0.333 bits per heavy atom. The quantitative estimate of drug-likeness (QED) is 0.129. The van der Waals surface area contributed by atoms with Crippen LogP contribution in [0.4, 0.5) is 0 Å². The normalized spacial score (nSPS) is 13.7. The number of hydrogen-bond acceptors (Lipinski definition) is 14. The molecule has 0 radical (unpaired) electrons. The third-order valence-corrected chi connectivity index (χ3v) is 17.6. The summed E-state index contributed by atoms with van der Waals surface area (Å²) in [5.41, 5.74) is 0. The van der Waals surface area contributed by atoms with Crippen molar-refractivity contribution < 1.29 is 56.6 Å². The van der Waals surface area contributed by atoms with Gasteiger partial charge in [-0.3, -0.25) is 0 Å². The molecule has 0 heterocycles. The molecule has 0 rings (SSSR count). The Labute approximate surface area is 261 Å². The van der Waals surface area contributed by atoms with Crippen LogP contribution in [-0.2, 0) is 8.15 Å². The van der Waals surface area contributed by atoms with Crippen molar-refractivity contribution in [3.63, 3.8) is 0 Å². The van der Waals surface area contributed by atoms with Crippen molar-refractivity contribution in [2.24, 2.45) is 0 Å². The maximum atomic E-state index is 11.4. The SMILES string of the molecule is CCN(CC)[P+](O[Cl+3]([O-])([O-])[O-])(N(CC)CC)N(CC)CC.CCN(CC)[P+](O[Cl+3]([O-])([O-])[O-])(N(CC)CC)N(CC)CC. The molecule has 0 aliphatic rings. The van der Waals surface area contributed by atoms with Gasteiger partial charge in [-0.15, -0.1) is 28.0 Å². The zero-order valence-electron chi connectivity index (χ0n) is 28.1. The first-order valence-corrected chi connectivity index (χ1v) is 20.7. The topological polar surface area (TPSA) is 176 Å². The van der Waals surface area contributed by atoms with E-state index in [2.05, 4.69) is 0 Å². The molecule has 0 aromatic carbocycles. The van der Waals surface area contributed by atoms with E-state index < -0.39 is 36.4 Å². The monoisotopic (exact) mass is 692 g/mol. The molecule has 0 atom stereocenters. The van der Waals surface area contributed by atoms with Gasteiger partial charge in [0.1, 0.15) is 20.5 Å². The average Bonchev–Trinajstić information content (AvgIpc) is 2.91. The van der Waals surface area contributed by atoms with E-state index in [0.29, 0.717) is 78.5 Å². The maximum absolute atomic E-state index is 11.4. The zero-order valence-corrected chi connectivity index (χ0v) is 31.4. The van der Waals surface area contributed by atoms with Crippen LogP contribution in [0.1, 0.15) is 83.1 Å². The third-order valence-electron chi connectivity index (χ3n) is 6.95. The van der Waals surface area contributed by atoms with Gasteiger partial charge in [-0.25, -0.2) is 0 Å². The van der Waals surface area contributed by atoms with E-state index in [0.717, 1.165) is 0 Å². The Balaban J connectivity index is 0. The molecule has 14 nitrogen and oxygen atoms in total. The first kappa shape index (κ1) is 45.0. The molecule has 0 aromatic heterocycles. The lowest BCUT2D eigenvalue weighted by Crippen LogP contribution is -2.63. The smallest absolute Gasteiger partial charge is 0.179 e. The van der Waals surface area contributed by atoms with Crippen LogP contribution >= 0.6 is 15.9 Å². The Kier molecular flexibility index (Phi) is 23.2. The summed E-state index contributed by atoms with van der Waals surface area (Å²) in [7, 11) is -14.7. The molecular weight excluding hydrogens is 633 g/mol. The minimum atomic E-state index is -4.50. The van der Waals surface area contributed by atoms with E-state index in [4.69, 9.17) is 8.15 Å². The standard InChI is InChI=1S/2C12H30ClN3O4P/c2*1-7-14(8-2)21(15(9-3)10-4,16(11-5)12-6)20-13(17,18)19/h2*7-12H2,1-6H3/q2*+1. The van der Waals surface area contributed by atoms with Gasteiger partial charge >= 0.3 is 15.9 Å². The highest BCUT2D eigenvalue weighted by molar-refractivity contribution is 7.64. The molecule has 0 aromatic rings. The van der Waals surface area contributed by atoms with Crippen LogP contribution in [0, 0.1) is 20.5 Å². The van der Waals surface area contributed by atoms with Crippen molar-refractivity contribution in [2.45, 2.75) is 83.1 Å². The fraction of sp³-hybridized carbons (Fsp3) is 1.00. The van der Waals surface area contributed by atoms with Crippen molar-refractivity contribution >= 4 is 15.9 Å². The summed E-state index contributed by atoms with van der Waals surface area (Å²) in [6, 6.07) is 0. The number of hydrogen-bond donors (Lipinski definition) is 0. The lowest BCUT2D eigenvalue weighted by Gasteiger charge is -2.38. The largest absolute Gasteiger partial charge is 0.550 e. The van der Waals surface area contributed by atoms with Crippen LogP contribution in [-0.4, -0.2) is 107 Å². The summed E-state index contributed by atoms with van der Waals surface area (Å²) in [4.78, 5) is 0. The first-order valence-electron chi connectivity index (χ1n) is 15.1. The minimum Gasteiger partial charge on any atom is -0.179 e. The average molecular weight is 694 g/mol. The van der Waals surface area contributed by atoms with Crippen LogP contribution in [0.15, 0.2) is 0 Å². The summed E-state index contributed by atoms with van der Waals surface area (Å²) in [5.74, 6) is 0. The lowest BCUT2D eigenvalue weighted by molar-refractivity contribution is -1.91. The maximum Gasteiger partial charge on any atom is 0.550 e. The highest BCUT2D eigenvalue weighted by Crippen LogP contribution is 2.70. The molecule has 0 spiro atoms. The Morgan fingerprint density at radius 3 is 0.524 bits per heavy atom. The molecule has 0 bridgehead atoms. The predicted molar refractivity (Wildman–Crippen MR) is 154 cm³/mol. The summed E-state index contributed by atoms with van der Waals surface area (Å²) < 4.78 is 90.7. The Morgan fingerprint density at radius 2 is 0.452 bits per heavy atom. The molecule has 0 saturated heterocycles. The Hall–Kier alpha value is 0.880. The molecule has 0 N–H and O–H groups in total. The number of halogens is 2.